The molecule has 0 fully saturated rings. The summed E-state index contributed by atoms with van der Waals surface area (Å²) in [4.78, 5) is 15.3. The van der Waals surface area contributed by atoms with Crippen LogP contribution in [0.3, 0.4) is 0 Å². The molecule has 0 aliphatic carbocycles. The number of H-pyrrole nitrogens is 1. The summed E-state index contributed by atoms with van der Waals surface area (Å²) in [7, 11) is 0. The molecule has 3 rings (SSSR count). The number of aryl methyl sites for hydroxylation is 1. The SMILES string of the molecule is C[C](CNC(=O)CCc1ccccc1)Cc1c[nH]c2ccccc12. The Bertz CT molecular complexity index is 792. The highest BCUT2D eigenvalue weighted by Gasteiger charge is 2.10. The fourth-order valence-corrected chi connectivity index (χ4v) is 2.91. The highest BCUT2D eigenvalue weighted by molar-refractivity contribution is 5.83. The zero-order chi connectivity index (χ0) is 16.8. The monoisotopic (exact) mass is 319 g/mol. The van der Waals surface area contributed by atoms with Crippen molar-refractivity contribution in [3.05, 3.63) is 77.8 Å². The predicted octanol–water partition coefficient (Wildman–Crippen LogP) is 4.05. The Morgan fingerprint density at radius 2 is 1.79 bits per heavy atom. The van der Waals surface area contributed by atoms with Gasteiger partial charge in [0.15, 0.2) is 0 Å². The van der Waals surface area contributed by atoms with Crippen LogP contribution >= 0.6 is 0 Å². The minimum Gasteiger partial charge on any atom is -0.361 e. The number of nitrogens with one attached hydrogen (secondary N) is 2. The zero-order valence-electron chi connectivity index (χ0n) is 14.0. The smallest absolute Gasteiger partial charge is 0.220 e. The van der Waals surface area contributed by atoms with E-state index in [9.17, 15) is 4.79 Å². The molecule has 1 heterocycles. The highest BCUT2D eigenvalue weighted by atomic mass is 16.1. The first-order valence-corrected chi connectivity index (χ1v) is 8.39. The van der Waals surface area contributed by atoms with E-state index in [1.165, 1.54) is 22.4 Å². The van der Waals surface area contributed by atoms with Crippen LogP contribution in [-0.4, -0.2) is 17.4 Å². The second kappa shape index (κ2) is 7.82. The van der Waals surface area contributed by atoms with E-state index in [0.717, 1.165) is 18.4 Å². The van der Waals surface area contributed by atoms with E-state index in [0.29, 0.717) is 13.0 Å². The van der Waals surface area contributed by atoms with Gasteiger partial charge in [-0.3, -0.25) is 4.79 Å². The van der Waals surface area contributed by atoms with Crippen molar-refractivity contribution in [2.75, 3.05) is 6.54 Å². The number of amides is 1. The van der Waals surface area contributed by atoms with Crippen LogP contribution in [0.5, 0.6) is 0 Å². The van der Waals surface area contributed by atoms with Gasteiger partial charge >= 0.3 is 0 Å². The molecule has 3 heteroatoms. The molecule has 3 aromatic rings. The molecule has 0 saturated heterocycles. The molecule has 1 radical (unpaired) electrons. The first-order chi connectivity index (χ1) is 11.7. The van der Waals surface area contributed by atoms with Gasteiger partial charge in [-0.1, -0.05) is 55.5 Å². The molecule has 24 heavy (non-hydrogen) atoms. The Kier molecular flexibility index (Phi) is 5.32. The van der Waals surface area contributed by atoms with Crippen molar-refractivity contribution < 1.29 is 4.79 Å². The van der Waals surface area contributed by atoms with Gasteiger partial charge in [0.05, 0.1) is 0 Å². The normalized spacial score (nSPS) is 11.1. The van der Waals surface area contributed by atoms with Crippen LogP contribution in [0, 0.1) is 5.92 Å². The number of carbonyl (C=O) groups is 1. The average Bonchev–Trinajstić information content (AvgIpc) is 3.02. The van der Waals surface area contributed by atoms with E-state index in [1.807, 2.05) is 24.3 Å². The lowest BCUT2D eigenvalue weighted by molar-refractivity contribution is -0.120. The number of rotatable bonds is 7. The number of hydrogen-bond acceptors (Lipinski definition) is 1. The van der Waals surface area contributed by atoms with Crippen molar-refractivity contribution >= 4 is 16.8 Å². The maximum atomic E-state index is 12.0. The number of aromatic nitrogens is 1. The summed E-state index contributed by atoms with van der Waals surface area (Å²) in [6.45, 7) is 2.73. The summed E-state index contributed by atoms with van der Waals surface area (Å²) in [5.74, 6) is 1.37. The average molecular weight is 319 g/mol. The van der Waals surface area contributed by atoms with Crippen LogP contribution < -0.4 is 5.32 Å². The van der Waals surface area contributed by atoms with Gasteiger partial charge in [0.25, 0.3) is 0 Å². The number of benzene rings is 2. The lowest BCUT2D eigenvalue weighted by atomic mass is 10.0. The van der Waals surface area contributed by atoms with E-state index in [4.69, 9.17) is 0 Å². The van der Waals surface area contributed by atoms with Gasteiger partial charge in [-0.15, -0.1) is 0 Å². The fraction of sp³-hybridized carbons (Fsp3) is 0.238. The topological polar surface area (TPSA) is 44.9 Å². The third-order valence-electron chi connectivity index (χ3n) is 4.24. The summed E-state index contributed by atoms with van der Waals surface area (Å²) in [6, 6.07) is 18.4. The molecule has 0 bridgehead atoms. The van der Waals surface area contributed by atoms with Gasteiger partial charge in [0.2, 0.25) is 5.91 Å². The number of hydrogen-bond donors (Lipinski definition) is 2. The van der Waals surface area contributed by atoms with Crippen molar-refractivity contribution in [1.82, 2.24) is 10.3 Å². The Hall–Kier alpha value is -2.55. The molecule has 2 N–H and O–H groups in total. The van der Waals surface area contributed by atoms with Gasteiger partial charge in [0.1, 0.15) is 0 Å². The maximum absolute atomic E-state index is 12.0. The van der Waals surface area contributed by atoms with Crippen LogP contribution in [0.25, 0.3) is 10.9 Å². The first kappa shape index (κ1) is 16.3. The fourth-order valence-electron chi connectivity index (χ4n) is 2.91. The maximum Gasteiger partial charge on any atom is 0.220 e. The number of carbonyl (C=O) groups excluding carboxylic acids is 1. The van der Waals surface area contributed by atoms with Gasteiger partial charge in [-0.2, -0.15) is 0 Å². The number of fused-ring (bicyclic) bond motifs is 1. The van der Waals surface area contributed by atoms with E-state index in [-0.39, 0.29) is 5.91 Å². The summed E-state index contributed by atoms with van der Waals surface area (Å²) in [5, 5.41) is 4.28. The van der Waals surface area contributed by atoms with Crippen molar-refractivity contribution in [3.63, 3.8) is 0 Å². The van der Waals surface area contributed by atoms with Gasteiger partial charge in [-0.25, -0.2) is 0 Å². The summed E-state index contributed by atoms with van der Waals surface area (Å²) >= 11 is 0. The molecular formula is C21H23N2O. The second-order valence-corrected chi connectivity index (χ2v) is 6.26. The van der Waals surface area contributed by atoms with Crippen LogP contribution in [-0.2, 0) is 17.6 Å². The summed E-state index contributed by atoms with van der Waals surface area (Å²) in [5.41, 5.74) is 3.64. The predicted molar refractivity (Wildman–Crippen MR) is 98.7 cm³/mol. The largest absolute Gasteiger partial charge is 0.361 e. The molecule has 3 nitrogen and oxygen atoms in total. The Morgan fingerprint density at radius 3 is 2.62 bits per heavy atom. The van der Waals surface area contributed by atoms with E-state index in [2.05, 4.69) is 53.8 Å². The number of aromatic amines is 1. The third kappa shape index (κ3) is 4.25. The van der Waals surface area contributed by atoms with E-state index >= 15 is 0 Å². The molecule has 0 aliphatic rings. The van der Waals surface area contributed by atoms with Gasteiger partial charge in [0, 0.05) is 30.1 Å². The molecule has 0 saturated carbocycles. The standard InChI is InChI=1S/C21H23N2O/c1-16(13-18-15-22-20-10-6-5-9-19(18)20)14-23-21(24)12-11-17-7-3-2-4-8-17/h2-10,15,22H,11-14H2,1H3,(H,23,24). The Balaban J connectivity index is 1.45. The van der Waals surface area contributed by atoms with Crippen LogP contribution in [0.1, 0.15) is 24.5 Å². The summed E-state index contributed by atoms with van der Waals surface area (Å²) in [6.07, 6.45) is 4.26. The minimum atomic E-state index is 0.108. The highest BCUT2D eigenvalue weighted by Crippen LogP contribution is 2.21. The van der Waals surface area contributed by atoms with Gasteiger partial charge in [-0.05, 0) is 36.0 Å². The van der Waals surface area contributed by atoms with Crippen molar-refractivity contribution in [2.24, 2.45) is 0 Å². The molecular weight excluding hydrogens is 296 g/mol. The van der Waals surface area contributed by atoms with Crippen LogP contribution in [0.15, 0.2) is 60.8 Å². The van der Waals surface area contributed by atoms with Crippen molar-refractivity contribution in [1.29, 1.82) is 0 Å². The molecule has 1 aromatic heterocycles. The molecule has 0 atom stereocenters. The molecule has 0 aliphatic heterocycles. The van der Waals surface area contributed by atoms with Crippen LogP contribution in [0.2, 0.25) is 0 Å². The zero-order valence-corrected chi connectivity index (χ0v) is 14.0. The molecule has 0 unspecified atom stereocenters. The first-order valence-electron chi connectivity index (χ1n) is 8.39. The van der Waals surface area contributed by atoms with Gasteiger partial charge < -0.3 is 10.3 Å². The lowest BCUT2D eigenvalue weighted by Gasteiger charge is -2.12. The summed E-state index contributed by atoms with van der Waals surface area (Å²) < 4.78 is 0. The minimum absolute atomic E-state index is 0.108. The Morgan fingerprint density at radius 1 is 1.04 bits per heavy atom. The van der Waals surface area contributed by atoms with Crippen LogP contribution in [0.4, 0.5) is 0 Å². The lowest BCUT2D eigenvalue weighted by Crippen LogP contribution is -2.28. The molecule has 123 valence electrons. The van der Waals surface area contributed by atoms with E-state index in [1.54, 1.807) is 0 Å². The quantitative estimate of drug-likeness (QED) is 0.678. The number of para-hydroxylation sites is 1. The third-order valence-corrected chi connectivity index (χ3v) is 4.24. The molecule has 2 aromatic carbocycles. The second-order valence-electron chi connectivity index (χ2n) is 6.26. The van der Waals surface area contributed by atoms with Crippen molar-refractivity contribution in [3.8, 4) is 0 Å². The van der Waals surface area contributed by atoms with E-state index < -0.39 is 0 Å². The molecule has 0 spiro atoms. The molecule has 1 amide bonds. The Labute approximate surface area is 143 Å². The van der Waals surface area contributed by atoms with Crippen molar-refractivity contribution in [2.45, 2.75) is 26.2 Å².